The largest absolute Gasteiger partial charge is 0.481 e. The maximum atomic E-state index is 12.0. The number of hydrogen-bond donors (Lipinski definition) is 2. The number of nitrogens with zero attached hydrogens (tertiary/aromatic N) is 1. The Labute approximate surface area is 102 Å². The standard InChI is InChI=1S/C12H22N2O3/c1-4-5-12(3,13)11(17)14-6-9(7-14)8(2)10(15)16/h8-9H,4-7,13H2,1-3H3,(H,15,16). The first-order chi connectivity index (χ1) is 7.79. The summed E-state index contributed by atoms with van der Waals surface area (Å²) in [5.41, 5.74) is 5.14. The van der Waals surface area contributed by atoms with E-state index in [9.17, 15) is 9.59 Å². The Morgan fingerprint density at radius 2 is 2.06 bits per heavy atom. The van der Waals surface area contributed by atoms with Gasteiger partial charge in [0, 0.05) is 19.0 Å². The van der Waals surface area contributed by atoms with Gasteiger partial charge in [-0.05, 0) is 13.3 Å². The number of rotatable bonds is 5. The summed E-state index contributed by atoms with van der Waals surface area (Å²) in [7, 11) is 0. The van der Waals surface area contributed by atoms with Crippen LogP contribution >= 0.6 is 0 Å². The van der Waals surface area contributed by atoms with Crippen LogP contribution in [0.15, 0.2) is 0 Å². The maximum absolute atomic E-state index is 12.0. The fraction of sp³-hybridized carbons (Fsp3) is 0.833. The molecule has 0 aliphatic carbocycles. The van der Waals surface area contributed by atoms with E-state index in [1.165, 1.54) is 0 Å². The average molecular weight is 242 g/mol. The highest BCUT2D eigenvalue weighted by Crippen LogP contribution is 2.26. The Bertz CT molecular complexity index is 309. The average Bonchev–Trinajstić information content (AvgIpc) is 2.14. The Balaban J connectivity index is 2.47. The van der Waals surface area contributed by atoms with Crippen molar-refractivity contribution in [1.29, 1.82) is 0 Å². The minimum Gasteiger partial charge on any atom is -0.481 e. The Morgan fingerprint density at radius 1 is 1.53 bits per heavy atom. The van der Waals surface area contributed by atoms with Crippen LogP contribution in [0.3, 0.4) is 0 Å². The number of aliphatic carboxylic acids is 1. The molecule has 1 aliphatic rings. The van der Waals surface area contributed by atoms with Crippen LogP contribution in [0.1, 0.15) is 33.6 Å². The number of likely N-dealkylation sites (tertiary alicyclic amines) is 1. The number of amides is 1. The van der Waals surface area contributed by atoms with Gasteiger partial charge in [-0.2, -0.15) is 0 Å². The van der Waals surface area contributed by atoms with Crippen molar-refractivity contribution in [2.24, 2.45) is 17.6 Å². The molecule has 1 amide bonds. The highest BCUT2D eigenvalue weighted by atomic mass is 16.4. The number of carbonyl (C=O) groups is 2. The number of carboxylic acid groups (broad SMARTS) is 1. The summed E-state index contributed by atoms with van der Waals surface area (Å²) in [6.07, 6.45) is 1.52. The van der Waals surface area contributed by atoms with E-state index in [4.69, 9.17) is 10.8 Å². The van der Waals surface area contributed by atoms with Crippen molar-refractivity contribution in [2.75, 3.05) is 13.1 Å². The molecule has 1 rings (SSSR count). The molecule has 98 valence electrons. The van der Waals surface area contributed by atoms with Gasteiger partial charge in [0.25, 0.3) is 0 Å². The molecule has 0 bridgehead atoms. The van der Waals surface area contributed by atoms with Crippen molar-refractivity contribution < 1.29 is 14.7 Å². The minimum absolute atomic E-state index is 0.0619. The predicted octanol–water partition coefficient (Wildman–Crippen LogP) is 0.683. The SMILES string of the molecule is CCCC(C)(N)C(=O)N1CC(C(C)C(=O)O)C1. The highest BCUT2D eigenvalue weighted by Gasteiger charge is 2.41. The molecule has 3 N–H and O–H groups in total. The molecule has 0 aromatic carbocycles. The van der Waals surface area contributed by atoms with Crippen LogP contribution in [0, 0.1) is 11.8 Å². The first-order valence-corrected chi connectivity index (χ1v) is 6.10. The fourth-order valence-electron chi connectivity index (χ4n) is 2.18. The molecule has 0 saturated carbocycles. The lowest BCUT2D eigenvalue weighted by atomic mass is 9.84. The van der Waals surface area contributed by atoms with E-state index in [-0.39, 0.29) is 11.8 Å². The third kappa shape index (κ3) is 2.97. The topological polar surface area (TPSA) is 83.6 Å². The Kier molecular flexibility index (Phi) is 4.14. The Morgan fingerprint density at radius 3 is 2.47 bits per heavy atom. The van der Waals surface area contributed by atoms with Crippen LogP contribution in [0.5, 0.6) is 0 Å². The summed E-state index contributed by atoms with van der Waals surface area (Å²) >= 11 is 0. The van der Waals surface area contributed by atoms with Gasteiger partial charge in [0.15, 0.2) is 0 Å². The van der Waals surface area contributed by atoms with E-state index in [1.54, 1.807) is 18.7 Å². The van der Waals surface area contributed by atoms with Crippen LogP contribution in [-0.4, -0.2) is 40.5 Å². The van der Waals surface area contributed by atoms with Crippen LogP contribution in [0.25, 0.3) is 0 Å². The third-order valence-corrected chi connectivity index (χ3v) is 3.55. The van der Waals surface area contributed by atoms with Crippen molar-refractivity contribution in [3.8, 4) is 0 Å². The zero-order valence-electron chi connectivity index (χ0n) is 10.8. The summed E-state index contributed by atoms with van der Waals surface area (Å²) in [4.78, 5) is 24.5. The number of carbonyl (C=O) groups excluding carboxylic acids is 1. The first-order valence-electron chi connectivity index (χ1n) is 6.10. The molecule has 0 spiro atoms. The first kappa shape index (κ1) is 14.0. The molecule has 1 fully saturated rings. The lowest BCUT2D eigenvalue weighted by Crippen LogP contribution is -2.61. The van der Waals surface area contributed by atoms with E-state index in [0.717, 1.165) is 6.42 Å². The summed E-state index contributed by atoms with van der Waals surface area (Å²) < 4.78 is 0. The maximum Gasteiger partial charge on any atom is 0.306 e. The summed E-state index contributed by atoms with van der Waals surface area (Å²) in [5, 5.41) is 8.86. The second-order valence-electron chi connectivity index (χ2n) is 5.26. The summed E-state index contributed by atoms with van der Waals surface area (Å²) in [6.45, 7) is 6.45. The van der Waals surface area contributed by atoms with Gasteiger partial charge in [0.05, 0.1) is 11.5 Å². The van der Waals surface area contributed by atoms with Crippen LogP contribution in [-0.2, 0) is 9.59 Å². The van der Waals surface area contributed by atoms with Crippen LogP contribution in [0.4, 0.5) is 0 Å². The lowest BCUT2D eigenvalue weighted by molar-refractivity contribution is -0.152. The Hall–Kier alpha value is -1.10. The van der Waals surface area contributed by atoms with Crippen LogP contribution in [0.2, 0.25) is 0 Å². The molecule has 5 nitrogen and oxygen atoms in total. The summed E-state index contributed by atoms with van der Waals surface area (Å²) in [5.74, 6) is -1.19. The molecule has 0 radical (unpaired) electrons. The normalized spacial score (nSPS) is 21.5. The van der Waals surface area contributed by atoms with Crippen molar-refractivity contribution in [3.63, 3.8) is 0 Å². The molecule has 2 unspecified atom stereocenters. The number of carboxylic acids is 1. The van der Waals surface area contributed by atoms with Gasteiger partial charge < -0.3 is 15.7 Å². The van der Waals surface area contributed by atoms with E-state index >= 15 is 0 Å². The number of nitrogens with two attached hydrogens (primary N) is 1. The molecule has 1 saturated heterocycles. The van der Waals surface area contributed by atoms with Gasteiger partial charge >= 0.3 is 5.97 Å². The molecular weight excluding hydrogens is 220 g/mol. The van der Waals surface area contributed by atoms with Crippen molar-refractivity contribution in [2.45, 2.75) is 39.2 Å². The molecule has 1 heterocycles. The highest BCUT2D eigenvalue weighted by molar-refractivity contribution is 5.86. The van der Waals surface area contributed by atoms with Gasteiger partial charge in [-0.25, -0.2) is 0 Å². The lowest BCUT2D eigenvalue weighted by Gasteiger charge is -2.44. The van der Waals surface area contributed by atoms with Gasteiger partial charge in [0.2, 0.25) is 5.91 Å². The predicted molar refractivity (Wildman–Crippen MR) is 64.4 cm³/mol. The van der Waals surface area contributed by atoms with Gasteiger partial charge in [-0.1, -0.05) is 20.3 Å². The van der Waals surface area contributed by atoms with E-state index in [1.807, 2.05) is 6.92 Å². The zero-order chi connectivity index (χ0) is 13.2. The minimum atomic E-state index is -0.813. The second-order valence-corrected chi connectivity index (χ2v) is 5.26. The molecule has 0 aromatic heterocycles. The monoisotopic (exact) mass is 242 g/mol. The van der Waals surface area contributed by atoms with Crippen molar-refractivity contribution in [1.82, 2.24) is 4.90 Å². The van der Waals surface area contributed by atoms with Gasteiger partial charge in [0.1, 0.15) is 0 Å². The molecule has 2 atom stereocenters. The van der Waals surface area contributed by atoms with E-state index < -0.39 is 17.4 Å². The van der Waals surface area contributed by atoms with Crippen LogP contribution < -0.4 is 5.73 Å². The summed E-state index contributed by atoms with van der Waals surface area (Å²) in [6, 6.07) is 0. The molecule has 5 heteroatoms. The van der Waals surface area contributed by atoms with Gasteiger partial charge in [-0.3, -0.25) is 9.59 Å². The number of hydrogen-bond acceptors (Lipinski definition) is 3. The molecular formula is C12H22N2O3. The quantitative estimate of drug-likeness (QED) is 0.742. The van der Waals surface area contributed by atoms with Gasteiger partial charge in [-0.15, -0.1) is 0 Å². The van der Waals surface area contributed by atoms with E-state index in [0.29, 0.717) is 19.5 Å². The smallest absolute Gasteiger partial charge is 0.306 e. The fourth-order valence-corrected chi connectivity index (χ4v) is 2.18. The molecule has 0 aromatic rings. The van der Waals surface area contributed by atoms with Crippen molar-refractivity contribution >= 4 is 11.9 Å². The second kappa shape index (κ2) is 5.04. The van der Waals surface area contributed by atoms with E-state index in [2.05, 4.69) is 0 Å². The zero-order valence-corrected chi connectivity index (χ0v) is 10.8. The van der Waals surface area contributed by atoms with Crippen molar-refractivity contribution in [3.05, 3.63) is 0 Å². The molecule has 1 aliphatic heterocycles. The molecule has 17 heavy (non-hydrogen) atoms. The third-order valence-electron chi connectivity index (χ3n) is 3.55.